The maximum Gasteiger partial charge on any atom is 0.159 e. The van der Waals surface area contributed by atoms with Crippen LogP contribution in [0.1, 0.15) is 28.7 Å². The standard InChI is InChI=1S/C51H35N3O/c1-3-12-32(13-4-1)36-23-24-38-30-40(27-25-37(38)28-36)50-52-49(39-26-22-33-14-7-8-17-35(33)29-39)53-51(54-50)43-20-11-21-46-47(43)45-31-44(34-15-5-2-6-16-34)41-18-9-10-19-42(41)48(45)55-46/h1-24,26,28-31,50H,25,27H2,(H,52,53,54). The summed E-state index contributed by atoms with van der Waals surface area (Å²) in [5, 5.41) is 10.6. The summed E-state index contributed by atoms with van der Waals surface area (Å²) in [5.41, 5.74) is 12.4. The third kappa shape index (κ3) is 5.45. The van der Waals surface area contributed by atoms with Crippen molar-refractivity contribution in [3.8, 4) is 22.3 Å². The number of aliphatic imine (C=N–C) groups is 2. The van der Waals surface area contributed by atoms with Crippen molar-refractivity contribution in [2.75, 3.05) is 0 Å². The van der Waals surface area contributed by atoms with Crippen LogP contribution in [0.2, 0.25) is 0 Å². The predicted molar refractivity (Wildman–Crippen MR) is 229 cm³/mol. The van der Waals surface area contributed by atoms with Gasteiger partial charge in [0, 0.05) is 27.3 Å². The smallest absolute Gasteiger partial charge is 0.159 e. The fourth-order valence-corrected chi connectivity index (χ4v) is 8.47. The van der Waals surface area contributed by atoms with Crippen LogP contribution in [0.15, 0.2) is 190 Å². The van der Waals surface area contributed by atoms with E-state index in [0.29, 0.717) is 0 Å². The first-order chi connectivity index (χ1) is 27.2. The SMILES string of the molecule is C1=C(C2N=C(c3ccc4ccccc4c3)N=C(c3cccc4oc5c6ccccc6c(-c6ccccc6)cc5c34)N2)CCc2cc(-c3ccccc3)ccc21. The Morgan fingerprint density at radius 1 is 0.527 bits per heavy atom. The molecule has 2 heterocycles. The highest BCUT2D eigenvalue weighted by Gasteiger charge is 2.27. The summed E-state index contributed by atoms with van der Waals surface area (Å²) >= 11 is 0. The number of rotatable bonds is 5. The topological polar surface area (TPSA) is 49.9 Å². The van der Waals surface area contributed by atoms with Crippen LogP contribution in [-0.2, 0) is 6.42 Å². The molecule has 0 amide bonds. The molecule has 1 N–H and O–H groups in total. The van der Waals surface area contributed by atoms with Crippen LogP contribution in [0, 0.1) is 0 Å². The van der Waals surface area contributed by atoms with Crippen LogP contribution in [0.4, 0.5) is 0 Å². The van der Waals surface area contributed by atoms with E-state index >= 15 is 0 Å². The second-order valence-corrected chi connectivity index (χ2v) is 14.5. The zero-order valence-corrected chi connectivity index (χ0v) is 30.0. The summed E-state index contributed by atoms with van der Waals surface area (Å²) in [6, 6.07) is 60.2. The van der Waals surface area contributed by atoms with Gasteiger partial charge in [-0.15, -0.1) is 0 Å². The Hall–Kier alpha value is -7.04. The fraction of sp³-hybridized carbons (Fsp3) is 0.0588. The van der Waals surface area contributed by atoms with E-state index in [-0.39, 0.29) is 6.17 Å². The molecule has 0 radical (unpaired) electrons. The number of hydrogen-bond acceptors (Lipinski definition) is 4. The van der Waals surface area contributed by atoms with Gasteiger partial charge in [-0.1, -0.05) is 158 Å². The van der Waals surface area contributed by atoms with Crippen LogP contribution in [0.3, 0.4) is 0 Å². The molecule has 1 aromatic heterocycles. The average Bonchev–Trinajstić information content (AvgIpc) is 3.65. The molecule has 260 valence electrons. The number of furan rings is 1. The van der Waals surface area contributed by atoms with Gasteiger partial charge in [0.2, 0.25) is 0 Å². The number of fused-ring (bicyclic) bond motifs is 7. The van der Waals surface area contributed by atoms with E-state index in [0.717, 1.165) is 68.4 Å². The third-order valence-corrected chi connectivity index (χ3v) is 11.2. The maximum atomic E-state index is 6.75. The van der Waals surface area contributed by atoms with Gasteiger partial charge in [0.05, 0.1) is 0 Å². The summed E-state index contributed by atoms with van der Waals surface area (Å²) < 4.78 is 6.75. The first kappa shape index (κ1) is 31.5. The highest BCUT2D eigenvalue weighted by molar-refractivity contribution is 6.26. The Morgan fingerprint density at radius 3 is 2.13 bits per heavy atom. The summed E-state index contributed by atoms with van der Waals surface area (Å²) in [4.78, 5) is 10.7. The molecule has 1 atom stereocenters. The highest BCUT2D eigenvalue weighted by Crippen LogP contribution is 2.41. The van der Waals surface area contributed by atoms with Crippen molar-refractivity contribution in [3.05, 3.63) is 198 Å². The Balaban J connectivity index is 1.08. The van der Waals surface area contributed by atoms with E-state index in [1.807, 2.05) is 0 Å². The molecule has 1 unspecified atom stereocenters. The summed E-state index contributed by atoms with van der Waals surface area (Å²) in [6.07, 6.45) is 3.90. The van der Waals surface area contributed by atoms with Crippen LogP contribution in [-0.4, -0.2) is 17.8 Å². The minimum Gasteiger partial charge on any atom is -0.455 e. The van der Waals surface area contributed by atoms with Gasteiger partial charge in [-0.25, -0.2) is 9.98 Å². The normalized spacial score (nSPS) is 15.4. The second kappa shape index (κ2) is 12.8. The van der Waals surface area contributed by atoms with Gasteiger partial charge in [0.15, 0.2) is 5.84 Å². The number of aryl methyl sites for hydroxylation is 1. The quantitative estimate of drug-likeness (QED) is 0.194. The number of amidine groups is 2. The first-order valence-corrected chi connectivity index (χ1v) is 19.0. The molecule has 4 heteroatoms. The molecule has 0 spiro atoms. The number of benzene rings is 8. The lowest BCUT2D eigenvalue weighted by Gasteiger charge is -2.28. The van der Waals surface area contributed by atoms with E-state index in [9.17, 15) is 0 Å². The van der Waals surface area contributed by atoms with Crippen LogP contribution in [0.5, 0.6) is 0 Å². The molecule has 4 nitrogen and oxygen atoms in total. The molecule has 1 aliphatic heterocycles. The van der Waals surface area contributed by atoms with Crippen molar-refractivity contribution in [3.63, 3.8) is 0 Å². The predicted octanol–water partition coefficient (Wildman–Crippen LogP) is 12.4. The largest absolute Gasteiger partial charge is 0.455 e. The zero-order valence-electron chi connectivity index (χ0n) is 30.0. The van der Waals surface area contributed by atoms with Crippen LogP contribution in [0.25, 0.3) is 71.8 Å². The second-order valence-electron chi connectivity index (χ2n) is 14.5. The highest BCUT2D eigenvalue weighted by atomic mass is 16.3. The van der Waals surface area contributed by atoms with Gasteiger partial charge >= 0.3 is 0 Å². The molecule has 8 aromatic carbocycles. The first-order valence-electron chi connectivity index (χ1n) is 19.0. The monoisotopic (exact) mass is 705 g/mol. The van der Waals surface area contributed by atoms with E-state index in [1.165, 1.54) is 49.7 Å². The average molecular weight is 706 g/mol. The van der Waals surface area contributed by atoms with Gasteiger partial charge in [-0.05, 0) is 86.2 Å². The Labute approximate surface area is 318 Å². The van der Waals surface area contributed by atoms with Gasteiger partial charge in [0.1, 0.15) is 23.2 Å². The molecule has 1 aliphatic carbocycles. The lowest BCUT2D eigenvalue weighted by molar-refractivity contribution is 0.671. The molecule has 0 bridgehead atoms. The van der Waals surface area contributed by atoms with Gasteiger partial charge < -0.3 is 9.73 Å². The fourth-order valence-electron chi connectivity index (χ4n) is 8.47. The van der Waals surface area contributed by atoms with E-state index in [4.69, 9.17) is 14.4 Å². The van der Waals surface area contributed by atoms with E-state index < -0.39 is 0 Å². The molecule has 0 saturated carbocycles. The summed E-state index contributed by atoms with van der Waals surface area (Å²) in [5.74, 6) is 1.51. The van der Waals surface area contributed by atoms with Gasteiger partial charge in [0.25, 0.3) is 0 Å². The minimum atomic E-state index is -0.287. The van der Waals surface area contributed by atoms with Crippen molar-refractivity contribution < 1.29 is 4.42 Å². The Bertz CT molecular complexity index is 3060. The summed E-state index contributed by atoms with van der Waals surface area (Å²) in [7, 11) is 0. The number of nitrogens with zero attached hydrogens (tertiary/aromatic N) is 2. The van der Waals surface area contributed by atoms with Gasteiger partial charge in [-0.3, -0.25) is 0 Å². The molecule has 11 rings (SSSR count). The Morgan fingerprint density at radius 2 is 1.27 bits per heavy atom. The zero-order chi connectivity index (χ0) is 36.3. The molecule has 9 aromatic rings. The molecule has 2 aliphatic rings. The van der Waals surface area contributed by atoms with Gasteiger partial charge in [-0.2, -0.15) is 0 Å². The van der Waals surface area contributed by atoms with Crippen LogP contribution >= 0.6 is 0 Å². The van der Waals surface area contributed by atoms with Crippen LogP contribution < -0.4 is 5.32 Å². The molecule has 0 saturated heterocycles. The van der Waals surface area contributed by atoms with E-state index in [1.54, 1.807) is 0 Å². The summed E-state index contributed by atoms with van der Waals surface area (Å²) in [6.45, 7) is 0. The molecular formula is C51H35N3O. The maximum absolute atomic E-state index is 6.75. The number of nitrogens with one attached hydrogen (secondary N) is 1. The third-order valence-electron chi connectivity index (χ3n) is 11.2. The number of hydrogen-bond donors (Lipinski definition) is 1. The van der Waals surface area contributed by atoms with E-state index in [2.05, 4.69) is 181 Å². The minimum absolute atomic E-state index is 0.287. The Kier molecular flexibility index (Phi) is 7.34. The van der Waals surface area contributed by atoms with Crippen molar-refractivity contribution >= 4 is 61.2 Å². The van der Waals surface area contributed by atoms with Crippen molar-refractivity contribution in [1.82, 2.24) is 5.32 Å². The van der Waals surface area contributed by atoms with Crippen molar-refractivity contribution in [2.45, 2.75) is 19.0 Å². The molecule has 55 heavy (non-hydrogen) atoms. The molecule has 0 fully saturated rings. The molecular weight excluding hydrogens is 671 g/mol. The lowest BCUT2D eigenvalue weighted by Crippen LogP contribution is -2.40. The lowest BCUT2D eigenvalue weighted by atomic mass is 9.88. The van der Waals surface area contributed by atoms with Crippen molar-refractivity contribution in [2.24, 2.45) is 9.98 Å². The van der Waals surface area contributed by atoms with Crippen molar-refractivity contribution in [1.29, 1.82) is 0 Å².